The van der Waals surface area contributed by atoms with Crippen LogP contribution in [0.4, 0.5) is 5.69 Å². The third-order valence-electron chi connectivity index (χ3n) is 2.62. The van der Waals surface area contributed by atoms with Gasteiger partial charge in [-0.15, -0.1) is 0 Å². The smallest absolute Gasteiger partial charge is 0.335 e. The van der Waals surface area contributed by atoms with E-state index in [0.29, 0.717) is 17.3 Å². The summed E-state index contributed by atoms with van der Waals surface area (Å²) in [6.45, 7) is 0.489. The van der Waals surface area contributed by atoms with Gasteiger partial charge in [0.05, 0.1) is 10.6 Å². The second-order valence-electron chi connectivity index (χ2n) is 4.03. The number of nitrogens with one attached hydrogen (secondary N) is 1. The molecule has 2 aromatic rings. The Morgan fingerprint density at radius 3 is 2.68 bits per heavy atom. The average Bonchev–Trinajstić information content (AvgIpc) is 2.40. The number of hydrogen-bond acceptors (Lipinski definition) is 3. The zero-order valence-corrected chi connectivity index (χ0v) is 10.7. The van der Waals surface area contributed by atoms with Crippen molar-refractivity contribution >= 4 is 23.3 Å². The van der Waals surface area contributed by atoms with Crippen LogP contribution in [0.3, 0.4) is 0 Å². The number of aromatic carboxylic acids is 1. The van der Waals surface area contributed by atoms with Gasteiger partial charge in [-0.05, 0) is 35.9 Å². The first-order valence-electron chi connectivity index (χ1n) is 5.61. The van der Waals surface area contributed by atoms with E-state index in [2.05, 4.69) is 5.32 Å². The lowest BCUT2D eigenvalue weighted by molar-refractivity contribution is 0.0697. The molecule has 0 aliphatic rings. The molecule has 19 heavy (non-hydrogen) atoms. The molecule has 0 spiro atoms. The number of carbonyl (C=O) groups is 1. The maximum absolute atomic E-state index is 10.8. The highest BCUT2D eigenvalue weighted by Crippen LogP contribution is 2.24. The zero-order chi connectivity index (χ0) is 13.8. The molecule has 0 unspecified atom stereocenters. The number of anilines is 1. The molecule has 2 aromatic carbocycles. The maximum Gasteiger partial charge on any atom is 0.335 e. The molecule has 5 heteroatoms. The minimum atomic E-state index is -0.962. The second-order valence-corrected chi connectivity index (χ2v) is 4.43. The van der Waals surface area contributed by atoms with Gasteiger partial charge < -0.3 is 15.5 Å². The van der Waals surface area contributed by atoms with Gasteiger partial charge in [-0.25, -0.2) is 4.79 Å². The number of benzene rings is 2. The molecule has 0 saturated carbocycles. The summed E-state index contributed by atoms with van der Waals surface area (Å²) in [6, 6.07) is 11.5. The van der Waals surface area contributed by atoms with Gasteiger partial charge >= 0.3 is 5.97 Å². The molecule has 0 radical (unpaired) electrons. The standard InChI is InChI=1S/C14H12ClNO3/c15-12-6-9(4-5-13(12)17)8-16-11-3-1-2-10(7-11)14(18)19/h1-7,16-17H,8H2,(H,18,19). The largest absolute Gasteiger partial charge is 0.506 e. The van der Waals surface area contributed by atoms with Crippen molar-refractivity contribution in [3.05, 3.63) is 58.6 Å². The van der Waals surface area contributed by atoms with E-state index >= 15 is 0 Å². The first-order valence-corrected chi connectivity index (χ1v) is 5.98. The van der Waals surface area contributed by atoms with Crippen LogP contribution in [0, 0.1) is 0 Å². The third-order valence-corrected chi connectivity index (χ3v) is 2.92. The number of phenols is 1. The first kappa shape index (κ1) is 13.2. The van der Waals surface area contributed by atoms with E-state index in [-0.39, 0.29) is 11.3 Å². The highest BCUT2D eigenvalue weighted by Gasteiger charge is 2.04. The van der Waals surface area contributed by atoms with Gasteiger partial charge in [0.1, 0.15) is 5.75 Å². The Hall–Kier alpha value is -2.20. The van der Waals surface area contributed by atoms with Gasteiger partial charge in [0, 0.05) is 12.2 Å². The van der Waals surface area contributed by atoms with Gasteiger partial charge in [-0.1, -0.05) is 23.7 Å². The first-order chi connectivity index (χ1) is 9.06. The van der Waals surface area contributed by atoms with Crippen LogP contribution in [0.2, 0.25) is 5.02 Å². The Morgan fingerprint density at radius 2 is 2.00 bits per heavy atom. The molecular weight excluding hydrogens is 266 g/mol. The van der Waals surface area contributed by atoms with Gasteiger partial charge in [0.15, 0.2) is 0 Å². The number of aromatic hydroxyl groups is 1. The van der Waals surface area contributed by atoms with E-state index in [0.717, 1.165) is 5.56 Å². The van der Waals surface area contributed by atoms with Crippen LogP contribution in [0.25, 0.3) is 0 Å². The molecule has 0 heterocycles. The highest BCUT2D eigenvalue weighted by molar-refractivity contribution is 6.32. The van der Waals surface area contributed by atoms with Crippen LogP contribution in [0.5, 0.6) is 5.75 Å². The number of carboxylic acids is 1. The van der Waals surface area contributed by atoms with Crippen molar-refractivity contribution in [1.82, 2.24) is 0 Å². The number of halogens is 1. The molecule has 0 fully saturated rings. The Balaban J connectivity index is 2.07. The predicted octanol–water partition coefficient (Wildman–Crippen LogP) is 3.36. The average molecular weight is 278 g/mol. The molecule has 0 atom stereocenters. The van der Waals surface area contributed by atoms with E-state index in [1.165, 1.54) is 12.1 Å². The van der Waals surface area contributed by atoms with E-state index in [1.54, 1.807) is 30.3 Å². The highest BCUT2D eigenvalue weighted by atomic mass is 35.5. The fraction of sp³-hybridized carbons (Fsp3) is 0.0714. The van der Waals surface area contributed by atoms with E-state index in [9.17, 15) is 9.90 Å². The second kappa shape index (κ2) is 5.63. The zero-order valence-electron chi connectivity index (χ0n) is 9.93. The van der Waals surface area contributed by atoms with Crippen LogP contribution in [-0.4, -0.2) is 16.2 Å². The molecule has 3 N–H and O–H groups in total. The lowest BCUT2D eigenvalue weighted by atomic mass is 10.2. The summed E-state index contributed by atoms with van der Waals surface area (Å²) < 4.78 is 0. The molecule has 0 aliphatic carbocycles. The minimum Gasteiger partial charge on any atom is -0.506 e. The summed E-state index contributed by atoms with van der Waals surface area (Å²) in [5.74, 6) is -0.922. The van der Waals surface area contributed by atoms with Crippen molar-refractivity contribution in [3.63, 3.8) is 0 Å². The monoisotopic (exact) mass is 277 g/mol. The molecule has 0 saturated heterocycles. The Morgan fingerprint density at radius 1 is 1.21 bits per heavy atom. The molecule has 0 amide bonds. The molecule has 0 aromatic heterocycles. The summed E-state index contributed by atoms with van der Waals surface area (Å²) in [5.41, 5.74) is 1.83. The van der Waals surface area contributed by atoms with Crippen molar-refractivity contribution in [2.75, 3.05) is 5.32 Å². The van der Waals surface area contributed by atoms with Crippen molar-refractivity contribution in [2.45, 2.75) is 6.54 Å². The van der Waals surface area contributed by atoms with Crippen LogP contribution in [0.1, 0.15) is 15.9 Å². The molecule has 0 aliphatic heterocycles. The Labute approximate surface area is 115 Å². The third kappa shape index (κ3) is 3.39. The van der Waals surface area contributed by atoms with E-state index < -0.39 is 5.97 Å². The Kier molecular flexibility index (Phi) is 3.92. The molecular formula is C14H12ClNO3. The van der Waals surface area contributed by atoms with Gasteiger partial charge in [0.2, 0.25) is 0 Å². The van der Waals surface area contributed by atoms with Crippen molar-refractivity contribution in [3.8, 4) is 5.75 Å². The van der Waals surface area contributed by atoms with Gasteiger partial charge in [-0.3, -0.25) is 0 Å². The summed E-state index contributed by atoms with van der Waals surface area (Å²) in [6.07, 6.45) is 0. The van der Waals surface area contributed by atoms with Crippen molar-refractivity contribution in [1.29, 1.82) is 0 Å². The van der Waals surface area contributed by atoms with Crippen LogP contribution in [0.15, 0.2) is 42.5 Å². The van der Waals surface area contributed by atoms with Crippen LogP contribution < -0.4 is 5.32 Å². The van der Waals surface area contributed by atoms with E-state index in [4.69, 9.17) is 16.7 Å². The van der Waals surface area contributed by atoms with Gasteiger partial charge in [-0.2, -0.15) is 0 Å². The number of carboxylic acid groups (broad SMARTS) is 1. The fourth-order valence-electron chi connectivity index (χ4n) is 1.63. The summed E-state index contributed by atoms with van der Waals surface area (Å²) in [4.78, 5) is 10.8. The number of phenolic OH excluding ortho intramolecular Hbond substituents is 1. The summed E-state index contributed by atoms with van der Waals surface area (Å²) in [5, 5.41) is 21.6. The lowest BCUT2D eigenvalue weighted by Crippen LogP contribution is -2.01. The maximum atomic E-state index is 10.8. The normalized spacial score (nSPS) is 10.2. The SMILES string of the molecule is O=C(O)c1cccc(NCc2ccc(O)c(Cl)c2)c1. The van der Waals surface area contributed by atoms with Gasteiger partial charge in [0.25, 0.3) is 0 Å². The van der Waals surface area contributed by atoms with Crippen molar-refractivity contribution < 1.29 is 15.0 Å². The van der Waals surface area contributed by atoms with Crippen LogP contribution in [-0.2, 0) is 6.54 Å². The number of rotatable bonds is 4. The molecule has 4 nitrogen and oxygen atoms in total. The molecule has 2 rings (SSSR count). The summed E-state index contributed by atoms with van der Waals surface area (Å²) >= 11 is 5.81. The number of hydrogen-bond donors (Lipinski definition) is 3. The fourth-order valence-corrected chi connectivity index (χ4v) is 1.83. The predicted molar refractivity (Wildman–Crippen MR) is 73.8 cm³/mol. The van der Waals surface area contributed by atoms with E-state index in [1.807, 2.05) is 0 Å². The lowest BCUT2D eigenvalue weighted by Gasteiger charge is -2.08. The summed E-state index contributed by atoms with van der Waals surface area (Å²) in [7, 11) is 0. The van der Waals surface area contributed by atoms with Crippen LogP contribution >= 0.6 is 11.6 Å². The Bertz CT molecular complexity index is 613. The minimum absolute atomic E-state index is 0.0401. The quantitative estimate of drug-likeness (QED) is 0.801. The van der Waals surface area contributed by atoms with Crippen molar-refractivity contribution in [2.24, 2.45) is 0 Å². The molecule has 98 valence electrons. The molecule has 0 bridgehead atoms. The topological polar surface area (TPSA) is 69.6 Å².